The fraction of sp³-hybridized carbons (Fsp3) is 0.667. The van der Waals surface area contributed by atoms with E-state index < -0.39 is 23.9 Å². The molecule has 1 amide bonds. The first kappa shape index (κ1) is 13.4. The van der Waals surface area contributed by atoms with Crippen molar-refractivity contribution >= 4 is 17.8 Å². The van der Waals surface area contributed by atoms with Gasteiger partial charge in [-0.1, -0.05) is 0 Å². The summed E-state index contributed by atoms with van der Waals surface area (Å²) in [6.07, 6.45) is 0.0127. The Kier molecular flexibility index (Phi) is 6.08. The van der Waals surface area contributed by atoms with Gasteiger partial charge in [0.15, 0.2) is 0 Å². The number of carboxylic acids is 1. The number of ether oxygens (including phenoxy) is 1. The number of carbonyl (C=O) groups is 3. The number of carbonyl (C=O) groups excluding carboxylic acids is 2. The number of carboxylic acid groups (broad SMARTS) is 1. The van der Waals surface area contributed by atoms with Gasteiger partial charge in [0, 0.05) is 13.3 Å². The fourth-order valence-electron chi connectivity index (χ4n) is 0.998. The Bertz CT molecular complexity index is 251. The molecule has 0 aliphatic heterocycles. The van der Waals surface area contributed by atoms with Crippen LogP contribution in [0.15, 0.2) is 0 Å². The summed E-state index contributed by atoms with van der Waals surface area (Å²) in [5.74, 6) is -2.06. The van der Waals surface area contributed by atoms with Gasteiger partial charge in [-0.15, -0.1) is 0 Å². The lowest BCUT2D eigenvalue weighted by Crippen LogP contribution is -2.39. The zero-order valence-electron chi connectivity index (χ0n) is 8.78. The molecule has 2 N–H and O–H groups in total. The molecule has 0 aromatic carbocycles. The minimum absolute atomic E-state index is 0.0227. The molecule has 0 saturated heterocycles. The van der Waals surface area contributed by atoms with Crippen molar-refractivity contribution in [1.29, 1.82) is 0 Å². The lowest BCUT2D eigenvalue weighted by molar-refractivity contribution is -0.145. The average molecular weight is 217 g/mol. The minimum Gasteiger partial charge on any atom is -0.480 e. The molecule has 86 valence electrons. The Labute approximate surface area is 87.6 Å². The Morgan fingerprint density at radius 2 is 2.00 bits per heavy atom. The maximum atomic E-state index is 10.9. The Balaban J connectivity index is 4.01. The SMILES string of the molecule is CCOC(=O)CC[C@H](NC(C)=O)C(=O)O. The minimum atomic E-state index is -1.16. The van der Waals surface area contributed by atoms with E-state index in [-0.39, 0.29) is 19.4 Å². The van der Waals surface area contributed by atoms with Gasteiger partial charge < -0.3 is 15.2 Å². The maximum absolute atomic E-state index is 10.9. The Hall–Kier alpha value is -1.59. The van der Waals surface area contributed by atoms with E-state index in [4.69, 9.17) is 5.11 Å². The van der Waals surface area contributed by atoms with E-state index in [1.165, 1.54) is 6.92 Å². The van der Waals surface area contributed by atoms with Gasteiger partial charge in [0.2, 0.25) is 5.91 Å². The summed E-state index contributed by atoms with van der Waals surface area (Å²) in [7, 11) is 0. The molecule has 0 rings (SSSR count). The number of hydrogen-bond acceptors (Lipinski definition) is 4. The smallest absolute Gasteiger partial charge is 0.326 e. The third kappa shape index (κ3) is 6.48. The molecular formula is C9H15NO5. The lowest BCUT2D eigenvalue weighted by atomic mass is 10.1. The molecule has 0 unspecified atom stereocenters. The summed E-state index contributed by atoms with van der Waals surface area (Å²) >= 11 is 0. The van der Waals surface area contributed by atoms with Crippen LogP contribution in [0.4, 0.5) is 0 Å². The summed E-state index contributed by atoms with van der Waals surface area (Å²) < 4.78 is 4.63. The van der Waals surface area contributed by atoms with E-state index in [1.54, 1.807) is 6.92 Å². The van der Waals surface area contributed by atoms with Crippen molar-refractivity contribution in [3.05, 3.63) is 0 Å². The van der Waals surface area contributed by atoms with E-state index >= 15 is 0 Å². The quantitative estimate of drug-likeness (QED) is 0.607. The van der Waals surface area contributed by atoms with Crippen LogP contribution in [0, 0.1) is 0 Å². The first-order valence-corrected chi connectivity index (χ1v) is 4.63. The topological polar surface area (TPSA) is 92.7 Å². The molecule has 0 radical (unpaired) electrons. The molecule has 0 aromatic rings. The standard InChI is InChI=1S/C9H15NO5/c1-3-15-8(12)5-4-7(9(13)14)10-6(2)11/h7H,3-5H2,1-2H3,(H,10,11)(H,13,14)/t7-/m0/s1. The zero-order valence-corrected chi connectivity index (χ0v) is 8.78. The van der Waals surface area contributed by atoms with Gasteiger partial charge in [0.1, 0.15) is 6.04 Å². The molecule has 15 heavy (non-hydrogen) atoms. The van der Waals surface area contributed by atoms with Crippen LogP contribution in [-0.2, 0) is 19.1 Å². The lowest BCUT2D eigenvalue weighted by Gasteiger charge is -2.12. The second kappa shape index (κ2) is 6.80. The Morgan fingerprint density at radius 3 is 2.40 bits per heavy atom. The van der Waals surface area contributed by atoms with Crippen molar-refractivity contribution in [3.63, 3.8) is 0 Å². The third-order valence-electron chi connectivity index (χ3n) is 1.62. The van der Waals surface area contributed by atoms with Crippen LogP contribution in [-0.4, -0.2) is 35.6 Å². The molecule has 0 aromatic heterocycles. The molecule has 0 saturated carbocycles. The molecule has 1 atom stereocenters. The van der Waals surface area contributed by atoms with Gasteiger partial charge in [-0.05, 0) is 13.3 Å². The van der Waals surface area contributed by atoms with E-state index in [0.717, 1.165) is 0 Å². The highest BCUT2D eigenvalue weighted by atomic mass is 16.5. The highest BCUT2D eigenvalue weighted by Gasteiger charge is 2.19. The number of aliphatic carboxylic acids is 1. The summed E-state index contributed by atoms with van der Waals surface area (Å²) in [6.45, 7) is 3.15. The van der Waals surface area contributed by atoms with Crippen LogP contribution in [0.1, 0.15) is 26.7 Å². The zero-order chi connectivity index (χ0) is 11.8. The van der Waals surface area contributed by atoms with E-state index in [2.05, 4.69) is 10.1 Å². The Morgan fingerprint density at radius 1 is 1.40 bits per heavy atom. The second-order valence-corrected chi connectivity index (χ2v) is 2.94. The number of nitrogens with one attached hydrogen (secondary N) is 1. The van der Waals surface area contributed by atoms with Crippen molar-refractivity contribution in [2.75, 3.05) is 6.61 Å². The van der Waals surface area contributed by atoms with E-state index in [9.17, 15) is 14.4 Å². The van der Waals surface area contributed by atoms with E-state index in [1.807, 2.05) is 0 Å². The van der Waals surface area contributed by atoms with Crippen LogP contribution < -0.4 is 5.32 Å². The van der Waals surface area contributed by atoms with Crippen molar-refractivity contribution in [1.82, 2.24) is 5.32 Å². The van der Waals surface area contributed by atoms with Gasteiger partial charge in [-0.25, -0.2) is 4.79 Å². The second-order valence-electron chi connectivity index (χ2n) is 2.94. The molecule has 0 aliphatic carbocycles. The predicted octanol–water partition coefficient (Wildman–Crippen LogP) is -0.0810. The van der Waals surface area contributed by atoms with Crippen molar-refractivity contribution in [3.8, 4) is 0 Å². The van der Waals surface area contributed by atoms with Gasteiger partial charge >= 0.3 is 11.9 Å². The largest absolute Gasteiger partial charge is 0.480 e. The third-order valence-corrected chi connectivity index (χ3v) is 1.62. The highest BCUT2D eigenvalue weighted by molar-refractivity contribution is 5.82. The molecule has 0 fully saturated rings. The molecule has 6 heteroatoms. The molecule has 0 aliphatic rings. The van der Waals surface area contributed by atoms with Crippen LogP contribution in [0.5, 0.6) is 0 Å². The van der Waals surface area contributed by atoms with Crippen LogP contribution in [0.2, 0.25) is 0 Å². The summed E-state index contributed by atoms with van der Waals surface area (Å²) in [6, 6.07) is -1.04. The average Bonchev–Trinajstić information content (AvgIpc) is 2.11. The van der Waals surface area contributed by atoms with Crippen molar-refractivity contribution in [2.24, 2.45) is 0 Å². The molecule has 0 spiro atoms. The molecule has 6 nitrogen and oxygen atoms in total. The fourth-order valence-corrected chi connectivity index (χ4v) is 0.998. The summed E-state index contributed by atoms with van der Waals surface area (Å²) in [4.78, 5) is 32.2. The van der Waals surface area contributed by atoms with Crippen molar-refractivity contribution in [2.45, 2.75) is 32.7 Å². The first-order chi connectivity index (χ1) is 6.97. The van der Waals surface area contributed by atoms with Gasteiger partial charge in [-0.3, -0.25) is 9.59 Å². The maximum Gasteiger partial charge on any atom is 0.326 e. The van der Waals surface area contributed by atoms with Crippen LogP contribution >= 0.6 is 0 Å². The number of hydrogen-bond donors (Lipinski definition) is 2. The number of rotatable bonds is 6. The van der Waals surface area contributed by atoms with Gasteiger partial charge in [0.25, 0.3) is 0 Å². The highest BCUT2D eigenvalue weighted by Crippen LogP contribution is 2.00. The molecule has 0 heterocycles. The summed E-state index contributed by atoms with van der Waals surface area (Å²) in [5, 5.41) is 10.9. The monoisotopic (exact) mass is 217 g/mol. The predicted molar refractivity (Wildman–Crippen MR) is 51.1 cm³/mol. The normalized spacial score (nSPS) is 11.6. The first-order valence-electron chi connectivity index (χ1n) is 4.63. The number of amides is 1. The van der Waals surface area contributed by atoms with Gasteiger partial charge in [0.05, 0.1) is 6.61 Å². The molecular weight excluding hydrogens is 202 g/mol. The van der Waals surface area contributed by atoms with Crippen LogP contribution in [0.3, 0.4) is 0 Å². The molecule has 0 bridgehead atoms. The van der Waals surface area contributed by atoms with Gasteiger partial charge in [-0.2, -0.15) is 0 Å². The van der Waals surface area contributed by atoms with Crippen molar-refractivity contribution < 1.29 is 24.2 Å². The number of esters is 1. The summed E-state index contributed by atoms with van der Waals surface area (Å²) in [5.41, 5.74) is 0. The van der Waals surface area contributed by atoms with Crippen LogP contribution in [0.25, 0.3) is 0 Å². The van der Waals surface area contributed by atoms with E-state index in [0.29, 0.717) is 0 Å².